The van der Waals surface area contributed by atoms with E-state index in [-0.39, 0.29) is 15.6 Å². The third-order valence-electron chi connectivity index (χ3n) is 1.48. The van der Waals surface area contributed by atoms with Gasteiger partial charge in [0.15, 0.2) is 0 Å². The molecule has 7 heteroatoms. The van der Waals surface area contributed by atoms with Gasteiger partial charge >= 0.3 is 0 Å². The highest BCUT2D eigenvalue weighted by Crippen LogP contribution is 2.31. The number of amides is 1. The van der Waals surface area contributed by atoms with Gasteiger partial charge < -0.3 is 5.73 Å². The predicted molar refractivity (Wildman–Crippen MR) is 58.1 cm³/mol. The van der Waals surface area contributed by atoms with Gasteiger partial charge in [0, 0.05) is 10.7 Å². The number of hydrogen-bond donors (Lipinski definition) is 1. The Labute approximate surface area is 100 Å². The summed E-state index contributed by atoms with van der Waals surface area (Å²) in [4.78, 5) is 14.6. The maximum absolute atomic E-state index is 12.4. The molecule has 0 saturated heterocycles. The van der Waals surface area contributed by atoms with Crippen LogP contribution in [0.5, 0.6) is 0 Å². The molecule has 1 aromatic rings. The first-order valence-electron chi connectivity index (χ1n) is 3.37. The summed E-state index contributed by atoms with van der Waals surface area (Å²) < 4.78 is 25.1. The Morgan fingerprint density at radius 3 is 2.64 bits per heavy atom. The van der Waals surface area contributed by atoms with Gasteiger partial charge in [0.05, 0.1) is 11.1 Å². The molecule has 0 saturated carbocycles. The summed E-state index contributed by atoms with van der Waals surface area (Å²) in [6.45, 7) is 0. The number of alkyl halides is 2. The number of nitrogens with two attached hydrogens (primary N) is 1. The Morgan fingerprint density at radius 1 is 1.64 bits per heavy atom. The fraction of sp³-hybridized carbons (Fsp3) is 0.143. The lowest BCUT2D eigenvalue weighted by Crippen LogP contribution is -2.15. The summed E-state index contributed by atoms with van der Waals surface area (Å²) in [5.41, 5.74) is 4.68. The summed E-state index contributed by atoms with van der Waals surface area (Å²) in [5.74, 6) is -0.781. The van der Waals surface area contributed by atoms with Crippen LogP contribution >= 0.6 is 38.5 Å². The first-order chi connectivity index (χ1) is 6.45. The number of rotatable bonds is 2. The Balaban J connectivity index is 3.41. The average Bonchev–Trinajstić information content (AvgIpc) is 2.02. The highest BCUT2D eigenvalue weighted by molar-refractivity contribution is 14.1. The molecule has 2 N–H and O–H groups in total. The molecule has 0 radical (unpaired) electrons. The average molecular weight is 377 g/mol. The zero-order valence-electron chi connectivity index (χ0n) is 6.60. The quantitative estimate of drug-likeness (QED) is 0.636. The van der Waals surface area contributed by atoms with E-state index in [2.05, 4.69) is 20.9 Å². The molecular formula is C7H4BrF2IN2O. The predicted octanol–water partition coefficient (Wildman–Crippen LogP) is 2.49. The van der Waals surface area contributed by atoms with E-state index in [0.717, 1.165) is 6.20 Å². The lowest BCUT2D eigenvalue weighted by atomic mass is 10.2. The molecule has 1 aromatic heterocycles. The number of hydrogen-bond acceptors (Lipinski definition) is 2. The molecule has 0 aromatic carbocycles. The Bertz CT molecular complexity index is 386. The van der Waals surface area contributed by atoms with E-state index in [1.165, 1.54) is 0 Å². The topological polar surface area (TPSA) is 56.0 Å². The van der Waals surface area contributed by atoms with Gasteiger partial charge in [0.1, 0.15) is 3.70 Å². The Morgan fingerprint density at radius 2 is 2.21 bits per heavy atom. The van der Waals surface area contributed by atoms with Crippen molar-refractivity contribution >= 4 is 44.4 Å². The smallest absolute Gasteiger partial charge is 0.266 e. The van der Waals surface area contributed by atoms with Gasteiger partial charge in [-0.15, -0.1) is 0 Å². The van der Waals surface area contributed by atoms with Gasteiger partial charge in [-0.2, -0.15) is 0 Å². The highest BCUT2D eigenvalue weighted by atomic mass is 127. The summed E-state index contributed by atoms with van der Waals surface area (Å²) in [6, 6.07) is 0. The zero-order chi connectivity index (χ0) is 10.9. The third kappa shape index (κ3) is 2.19. The van der Waals surface area contributed by atoms with Crippen molar-refractivity contribution in [1.29, 1.82) is 0 Å². The fourth-order valence-electron chi connectivity index (χ4n) is 0.844. The van der Waals surface area contributed by atoms with Gasteiger partial charge in [-0.1, -0.05) is 0 Å². The summed E-state index contributed by atoms with van der Waals surface area (Å²) in [6.07, 6.45) is -1.67. The van der Waals surface area contributed by atoms with Crippen LogP contribution < -0.4 is 5.73 Å². The number of pyridine rings is 1. The van der Waals surface area contributed by atoms with Crippen LogP contribution in [0.2, 0.25) is 0 Å². The largest absolute Gasteiger partial charge is 0.365 e. The van der Waals surface area contributed by atoms with E-state index >= 15 is 0 Å². The van der Waals surface area contributed by atoms with Crippen LogP contribution in [-0.4, -0.2) is 10.9 Å². The Kier molecular flexibility index (Phi) is 3.76. The second kappa shape index (κ2) is 4.47. The second-order valence-electron chi connectivity index (χ2n) is 2.36. The van der Waals surface area contributed by atoms with Crippen LogP contribution in [-0.2, 0) is 0 Å². The number of aromatic nitrogens is 1. The van der Waals surface area contributed by atoms with Crippen molar-refractivity contribution in [2.75, 3.05) is 0 Å². The van der Waals surface area contributed by atoms with Crippen LogP contribution in [0.15, 0.2) is 10.7 Å². The zero-order valence-corrected chi connectivity index (χ0v) is 10.3. The van der Waals surface area contributed by atoms with Crippen LogP contribution in [0, 0.1) is 3.70 Å². The summed E-state index contributed by atoms with van der Waals surface area (Å²) in [5, 5.41) is 0. The van der Waals surface area contributed by atoms with Crippen molar-refractivity contribution in [3.8, 4) is 0 Å². The lowest BCUT2D eigenvalue weighted by Gasteiger charge is -2.07. The summed E-state index contributed by atoms with van der Waals surface area (Å²) >= 11 is 4.66. The first kappa shape index (κ1) is 11.8. The van der Waals surface area contributed by atoms with E-state index in [4.69, 9.17) is 5.73 Å². The molecule has 0 atom stereocenters. The number of halogens is 4. The number of carbonyl (C=O) groups is 1. The molecule has 0 aliphatic carbocycles. The minimum atomic E-state index is -2.69. The standard InChI is InChI=1S/C7H4BrF2IN2O/c8-4-2(5(9)10)1-13-6(11)3(4)7(12)14/h1,5H,(H2,12,14). The van der Waals surface area contributed by atoms with Crippen molar-refractivity contribution in [3.63, 3.8) is 0 Å². The fourth-order valence-corrected chi connectivity index (χ4v) is 2.55. The van der Waals surface area contributed by atoms with Crippen molar-refractivity contribution in [1.82, 2.24) is 4.98 Å². The van der Waals surface area contributed by atoms with Crippen molar-refractivity contribution < 1.29 is 13.6 Å². The van der Waals surface area contributed by atoms with E-state index in [1.807, 2.05) is 0 Å². The van der Waals surface area contributed by atoms with Crippen LogP contribution in [0.1, 0.15) is 22.3 Å². The van der Waals surface area contributed by atoms with Crippen LogP contribution in [0.25, 0.3) is 0 Å². The number of primary amides is 1. The molecule has 0 fully saturated rings. The third-order valence-corrected chi connectivity index (χ3v) is 3.15. The molecule has 14 heavy (non-hydrogen) atoms. The van der Waals surface area contributed by atoms with Gasteiger partial charge in [0.2, 0.25) is 0 Å². The first-order valence-corrected chi connectivity index (χ1v) is 5.24. The molecule has 76 valence electrons. The van der Waals surface area contributed by atoms with Crippen LogP contribution in [0.3, 0.4) is 0 Å². The molecular weight excluding hydrogens is 373 g/mol. The van der Waals surface area contributed by atoms with Crippen molar-refractivity contribution in [3.05, 3.63) is 25.5 Å². The maximum Gasteiger partial charge on any atom is 0.266 e. The van der Waals surface area contributed by atoms with Gasteiger partial charge in [-0.25, -0.2) is 13.8 Å². The van der Waals surface area contributed by atoms with Gasteiger partial charge in [0.25, 0.3) is 12.3 Å². The van der Waals surface area contributed by atoms with E-state index < -0.39 is 12.3 Å². The molecule has 3 nitrogen and oxygen atoms in total. The van der Waals surface area contributed by atoms with Crippen molar-refractivity contribution in [2.24, 2.45) is 5.73 Å². The summed E-state index contributed by atoms with van der Waals surface area (Å²) in [7, 11) is 0. The normalized spacial score (nSPS) is 10.6. The molecule has 1 heterocycles. The number of nitrogens with zero attached hydrogens (tertiary/aromatic N) is 1. The number of carbonyl (C=O) groups excluding carboxylic acids is 1. The maximum atomic E-state index is 12.4. The van der Waals surface area contributed by atoms with Crippen molar-refractivity contribution in [2.45, 2.75) is 6.43 Å². The molecule has 1 rings (SSSR count). The molecule has 0 spiro atoms. The molecule has 1 amide bonds. The Hall–Kier alpha value is -0.310. The molecule has 0 bridgehead atoms. The SMILES string of the molecule is NC(=O)c1c(I)ncc(C(F)F)c1Br. The molecule has 0 unspecified atom stereocenters. The van der Waals surface area contributed by atoms with Gasteiger partial charge in [-0.3, -0.25) is 4.79 Å². The monoisotopic (exact) mass is 376 g/mol. The minimum Gasteiger partial charge on any atom is -0.365 e. The molecule has 0 aliphatic rings. The highest BCUT2D eigenvalue weighted by Gasteiger charge is 2.20. The lowest BCUT2D eigenvalue weighted by molar-refractivity contribution is 0.0997. The van der Waals surface area contributed by atoms with E-state index in [9.17, 15) is 13.6 Å². The van der Waals surface area contributed by atoms with E-state index in [1.54, 1.807) is 22.6 Å². The second-order valence-corrected chi connectivity index (χ2v) is 4.17. The van der Waals surface area contributed by atoms with Crippen LogP contribution in [0.4, 0.5) is 8.78 Å². The minimum absolute atomic E-state index is 0.0107. The molecule has 0 aliphatic heterocycles. The van der Waals surface area contributed by atoms with Gasteiger partial charge in [-0.05, 0) is 38.5 Å². The van der Waals surface area contributed by atoms with E-state index in [0.29, 0.717) is 3.70 Å².